The highest BCUT2D eigenvalue weighted by Gasteiger charge is 2.11. The molecule has 12 nitrogen and oxygen atoms in total. The van der Waals surface area contributed by atoms with Crippen LogP contribution in [0.25, 0.3) is 0 Å². The number of rotatable bonds is 15. The lowest BCUT2D eigenvalue weighted by atomic mass is 10.2. The van der Waals surface area contributed by atoms with E-state index in [1.165, 1.54) is 13.8 Å². The summed E-state index contributed by atoms with van der Waals surface area (Å²) in [6.07, 6.45) is -2.57. The molecule has 1 rings (SSSR count). The van der Waals surface area contributed by atoms with Crippen LogP contribution in [-0.4, -0.2) is 74.9 Å². The molecule has 1 unspecified atom stereocenters. The molecule has 1 atom stereocenters. The summed E-state index contributed by atoms with van der Waals surface area (Å²) < 4.78 is 25.1. The van der Waals surface area contributed by atoms with Crippen molar-refractivity contribution in [2.45, 2.75) is 26.6 Å². The second kappa shape index (κ2) is 16.5. The maximum atomic E-state index is 11.7. The predicted octanol–water partition coefficient (Wildman–Crippen LogP) is 1.62. The number of aliphatic hydroxyl groups is 1. The van der Waals surface area contributed by atoms with Gasteiger partial charge < -0.3 is 39.4 Å². The van der Waals surface area contributed by atoms with Crippen LogP contribution in [0.15, 0.2) is 48.6 Å². The minimum Gasteiger partial charge on any atom is -0.491 e. The molecule has 0 aliphatic rings. The first-order valence-corrected chi connectivity index (χ1v) is 10.9. The maximum Gasteiger partial charge on any atom is 0.407 e. The molecule has 12 heteroatoms. The van der Waals surface area contributed by atoms with Crippen LogP contribution in [0.3, 0.4) is 0 Å². The first-order valence-electron chi connectivity index (χ1n) is 10.9. The van der Waals surface area contributed by atoms with E-state index in [-0.39, 0.29) is 57.3 Å². The molecule has 36 heavy (non-hydrogen) atoms. The van der Waals surface area contributed by atoms with Crippen LogP contribution < -0.4 is 15.4 Å². The van der Waals surface area contributed by atoms with Crippen LogP contribution in [0.4, 0.5) is 9.59 Å². The largest absolute Gasteiger partial charge is 0.491 e. The van der Waals surface area contributed by atoms with Crippen LogP contribution in [-0.2, 0) is 35.1 Å². The number of amides is 2. The number of aliphatic hydroxyl groups excluding tert-OH is 1. The van der Waals surface area contributed by atoms with Crippen LogP contribution in [0, 0.1) is 0 Å². The van der Waals surface area contributed by atoms with E-state index in [0.29, 0.717) is 11.3 Å². The third kappa shape index (κ3) is 13.6. The quantitative estimate of drug-likeness (QED) is 0.138. The van der Waals surface area contributed by atoms with Crippen molar-refractivity contribution in [2.75, 3.05) is 39.5 Å². The summed E-state index contributed by atoms with van der Waals surface area (Å²) in [5.41, 5.74) is 1.15. The maximum absolute atomic E-state index is 11.7. The van der Waals surface area contributed by atoms with Crippen LogP contribution >= 0.6 is 0 Å². The van der Waals surface area contributed by atoms with E-state index in [9.17, 15) is 24.3 Å². The second-order valence-electron chi connectivity index (χ2n) is 7.47. The first kappa shape index (κ1) is 30.0. The van der Waals surface area contributed by atoms with Gasteiger partial charge in [0.25, 0.3) is 0 Å². The Balaban J connectivity index is 2.24. The lowest BCUT2D eigenvalue weighted by Crippen LogP contribution is -2.32. The van der Waals surface area contributed by atoms with E-state index in [0.717, 1.165) is 0 Å². The summed E-state index contributed by atoms with van der Waals surface area (Å²) in [4.78, 5) is 45.8. The van der Waals surface area contributed by atoms with Gasteiger partial charge in [-0.3, -0.25) is 0 Å². The fraction of sp³-hybridized carbons (Fsp3) is 0.417. The molecule has 1 aromatic carbocycles. The summed E-state index contributed by atoms with van der Waals surface area (Å²) in [6.45, 7) is 9.47. The van der Waals surface area contributed by atoms with Crippen molar-refractivity contribution < 1.29 is 48.0 Å². The predicted molar refractivity (Wildman–Crippen MR) is 127 cm³/mol. The minimum absolute atomic E-state index is 0.0112. The number of ether oxygens (including phenoxy) is 5. The van der Waals surface area contributed by atoms with Crippen molar-refractivity contribution in [1.29, 1.82) is 0 Å². The van der Waals surface area contributed by atoms with E-state index in [1.54, 1.807) is 24.3 Å². The molecular weight excluding hydrogens is 476 g/mol. The molecule has 0 heterocycles. The third-order valence-electron chi connectivity index (χ3n) is 4.02. The fourth-order valence-corrected chi connectivity index (χ4v) is 2.23. The summed E-state index contributed by atoms with van der Waals surface area (Å²) >= 11 is 0. The van der Waals surface area contributed by atoms with E-state index in [4.69, 9.17) is 23.7 Å². The molecule has 0 aromatic heterocycles. The molecule has 0 aliphatic carbocycles. The van der Waals surface area contributed by atoms with E-state index < -0.39 is 30.2 Å². The third-order valence-corrected chi connectivity index (χ3v) is 4.02. The first-order chi connectivity index (χ1) is 17.1. The Morgan fingerprint density at radius 3 is 1.97 bits per heavy atom. The Kier molecular flexibility index (Phi) is 13.8. The second-order valence-corrected chi connectivity index (χ2v) is 7.47. The summed E-state index contributed by atoms with van der Waals surface area (Å²) in [6, 6.07) is 6.66. The fourth-order valence-electron chi connectivity index (χ4n) is 2.23. The van der Waals surface area contributed by atoms with Gasteiger partial charge in [0.15, 0.2) is 0 Å². The van der Waals surface area contributed by atoms with Gasteiger partial charge in [0.05, 0.1) is 13.1 Å². The number of hydrogen-bond acceptors (Lipinski definition) is 10. The summed E-state index contributed by atoms with van der Waals surface area (Å²) in [5.74, 6) is -0.692. The number of alkyl carbamates (subject to hydrolysis) is 2. The number of esters is 2. The summed E-state index contributed by atoms with van der Waals surface area (Å²) in [7, 11) is 0. The van der Waals surface area contributed by atoms with Crippen LogP contribution in [0.5, 0.6) is 5.75 Å². The van der Waals surface area contributed by atoms with Crippen LogP contribution in [0.2, 0.25) is 0 Å². The molecule has 0 saturated carbocycles. The molecule has 0 bridgehead atoms. The lowest BCUT2D eigenvalue weighted by Gasteiger charge is -2.14. The van der Waals surface area contributed by atoms with Crippen molar-refractivity contribution in [3.05, 3.63) is 54.1 Å². The average Bonchev–Trinajstić information content (AvgIpc) is 2.85. The molecule has 0 aliphatic heterocycles. The van der Waals surface area contributed by atoms with Crippen molar-refractivity contribution in [3.8, 4) is 5.75 Å². The zero-order valence-corrected chi connectivity index (χ0v) is 20.4. The van der Waals surface area contributed by atoms with Crippen molar-refractivity contribution in [3.63, 3.8) is 0 Å². The normalized spacial score (nSPS) is 10.9. The van der Waals surface area contributed by atoms with Crippen LogP contribution in [0.1, 0.15) is 19.4 Å². The van der Waals surface area contributed by atoms with Gasteiger partial charge in [0.1, 0.15) is 44.9 Å². The average molecular weight is 509 g/mol. The Bertz CT molecular complexity index is 931. The van der Waals surface area contributed by atoms with Crippen molar-refractivity contribution in [2.24, 2.45) is 0 Å². The smallest absolute Gasteiger partial charge is 0.407 e. The highest BCUT2D eigenvalue weighted by molar-refractivity contribution is 5.87. The molecule has 2 amide bonds. The molecule has 0 radical (unpaired) electrons. The molecule has 0 saturated heterocycles. The van der Waals surface area contributed by atoms with E-state index in [1.807, 2.05) is 0 Å². The topological polar surface area (TPSA) is 159 Å². The molecular formula is C24H32N2O10. The van der Waals surface area contributed by atoms with Gasteiger partial charge >= 0.3 is 24.1 Å². The van der Waals surface area contributed by atoms with E-state index in [2.05, 4.69) is 23.8 Å². The highest BCUT2D eigenvalue weighted by atomic mass is 16.6. The SMILES string of the molecule is C=C(C)C(=O)OCCNC(=O)OCc1cccc(OCC(O)COC(=O)NCCOC(=O)C(=C)C)c1. The molecule has 3 N–H and O–H groups in total. The Morgan fingerprint density at radius 2 is 1.42 bits per heavy atom. The van der Waals surface area contributed by atoms with Gasteiger partial charge in [-0.15, -0.1) is 0 Å². The zero-order chi connectivity index (χ0) is 26.9. The number of hydrogen-bond donors (Lipinski definition) is 3. The van der Waals surface area contributed by atoms with Gasteiger partial charge in [-0.25, -0.2) is 19.2 Å². The molecule has 0 spiro atoms. The molecule has 1 aromatic rings. The lowest BCUT2D eigenvalue weighted by molar-refractivity contribution is -0.139. The van der Waals surface area contributed by atoms with E-state index >= 15 is 0 Å². The Hall–Kier alpha value is -4.06. The number of nitrogens with one attached hydrogen (secondary N) is 2. The van der Waals surface area contributed by atoms with Gasteiger partial charge in [0, 0.05) is 11.1 Å². The Morgan fingerprint density at radius 1 is 0.861 bits per heavy atom. The van der Waals surface area contributed by atoms with Gasteiger partial charge in [0.2, 0.25) is 0 Å². The van der Waals surface area contributed by atoms with Crippen molar-refractivity contribution >= 4 is 24.1 Å². The standard InChI is InChI=1S/C24H32N2O10/c1-16(2)21(28)32-10-8-25-23(30)35-13-18-6-5-7-20(12-18)34-14-19(27)15-36-24(31)26-9-11-33-22(29)17(3)4/h5-7,12,19,27H,1,3,8-11,13-15H2,2,4H3,(H,25,30)(H,26,31). The summed E-state index contributed by atoms with van der Waals surface area (Å²) in [5, 5.41) is 14.8. The monoisotopic (exact) mass is 508 g/mol. The van der Waals surface area contributed by atoms with Gasteiger partial charge in [-0.05, 0) is 31.5 Å². The molecule has 0 fully saturated rings. The molecule has 198 valence electrons. The number of benzene rings is 1. The van der Waals surface area contributed by atoms with Gasteiger partial charge in [-0.1, -0.05) is 25.3 Å². The number of carbonyl (C=O) groups is 4. The number of carbonyl (C=O) groups excluding carboxylic acids is 4. The van der Waals surface area contributed by atoms with Crippen molar-refractivity contribution in [1.82, 2.24) is 10.6 Å². The zero-order valence-electron chi connectivity index (χ0n) is 20.4. The Labute approximate surface area is 209 Å². The highest BCUT2D eigenvalue weighted by Crippen LogP contribution is 2.14. The minimum atomic E-state index is -1.10. The van der Waals surface area contributed by atoms with Gasteiger partial charge in [-0.2, -0.15) is 0 Å².